The van der Waals surface area contributed by atoms with E-state index in [4.69, 9.17) is 14.2 Å². The standard InChI is InChI=1S/C22H21FN2O5S/c1-24-21-20(31-22(24)27)15(10-19(26)25(21)13-7-5-12(23)6-8-13)14-9-17(29-3)18(30-4)11-16(14)28-2/h5-9,11,15H,10H2,1-4H3/t15-/m1/s1. The quantitative estimate of drug-likeness (QED) is 0.599. The SMILES string of the molecule is COc1cc(OC)c([C@H]2CC(=O)N(c3ccc(F)cc3)c3c2sc(=O)n3C)cc1OC. The van der Waals surface area contributed by atoms with Crippen LogP contribution in [0, 0.1) is 5.82 Å². The third-order valence-corrected chi connectivity index (χ3v) is 6.50. The molecular weight excluding hydrogens is 423 g/mol. The van der Waals surface area contributed by atoms with Gasteiger partial charge in [0.15, 0.2) is 11.5 Å². The first-order valence-corrected chi connectivity index (χ1v) is 10.3. The molecule has 1 amide bonds. The molecule has 0 aliphatic carbocycles. The number of benzene rings is 2. The number of anilines is 2. The summed E-state index contributed by atoms with van der Waals surface area (Å²) < 4.78 is 31.2. The van der Waals surface area contributed by atoms with Crippen LogP contribution < -0.4 is 24.0 Å². The maximum absolute atomic E-state index is 13.4. The minimum absolute atomic E-state index is 0.107. The average molecular weight is 444 g/mol. The van der Waals surface area contributed by atoms with Crippen LogP contribution in [-0.2, 0) is 11.8 Å². The molecule has 1 aliphatic heterocycles. The molecule has 162 valence electrons. The van der Waals surface area contributed by atoms with E-state index in [1.807, 2.05) is 0 Å². The number of hydrogen-bond acceptors (Lipinski definition) is 6. The lowest BCUT2D eigenvalue weighted by Crippen LogP contribution is -2.34. The lowest BCUT2D eigenvalue weighted by molar-refractivity contribution is -0.118. The fourth-order valence-corrected chi connectivity index (χ4v) is 4.94. The van der Waals surface area contributed by atoms with Crippen LogP contribution in [0.25, 0.3) is 0 Å². The van der Waals surface area contributed by atoms with Gasteiger partial charge in [-0.05, 0) is 30.3 Å². The van der Waals surface area contributed by atoms with Gasteiger partial charge in [0.2, 0.25) is 5.91 Å². The lowest BCUT2D eigenvalue weighted by Gasteiger charge is -2.32. The number of methoxy groups -OCH3 is 3. The molecule has 1 aliphatic rings. The van der Waals surface area contributed by atoms with Crippen LogP contribution in [0.5, 0.6) is 17.2 Å². The van der Waals surface area contributed by atoms with Gasteiger partial charge in [0.25, 0.3) is 0 Å². The molecule has 0 spiro atoms. The number of amides is 1. The molecule has 9 heteroatoms. The topological polar surface area (TPSA) is 70.0 Å². The minimum atomic E-state index is -0.409. The predicted octanol–water partition coefficient (Wildman–Crippen LogP) is 3.81. The van der Waals surface area contributed by atoms with E-state index in [2.05, 4.69) is 0 Å². The van der Waals surface area contributed by atoms with Gasteiger partial charge < -0.3 is 14.2 Å². The lowest BCUT2D eigenvalue weighted by atomic mass is 9.89. The molecule has 4 rings (SSSR count). The van der Waals surface area contributed by atoms with Gasteiger partial charge in [0.05, 0.1) is 31.9 Å². The van der Waals surface area contributed by atoms with Crippen LogP contribution in [-0.4, -0.2) is 31.8 Å². The molecule has 3 aromatic rings. The maximum atomic E-state index is 13.4. The van der Waals surface area contributed by atoms with Crippen molar-refractivity contribution < 1.29 is 23.4 Å². The first kappa shape index (κ1) is 20.9. The van der Waals surface area contributed by atoms with Crippen LogP contribution in [0.15, 0.2) is 41.2 Å². The van der Waals surface area contributed by atoms with Crippen molar-refractivity contribution in [1.82, 2.24) is 4.57 Å². The summed E-state index contributed by atoms with van der Waals surface area (Å²) in [7, 11) is 6.22. The number of carbonyl (C=O) groups is 1. The number of rotatable bonds is 5. The van der Waals surface area contributed by atoms with E-state index >= 15 is 0 Å². The van der Waals surface area contributed by atoms with Gasteiger partial charge in [-0.15, -0.1) is 0 Å². The third kappa shape index (κ3) is 3.44. The summed E-state index contributed by atoms with van der Waals surface area (Å²) in [5, 5.41) is 0. The smallest absolute Gasteiger partial charge is 0.308 e. The minimum Gasteiger partial charge on any atom is -0.496 e. The Morgan fingerprint density at radius 2 is 1.58 bits per heavy atom. The Kier molecular flexibility index (Phi) is 5.45. The number of thiazole rings is 1. The first-order chi connectivity index (χ1) is 14.9. The first-order valence-electron chi connectivity index (χ1n) is 9.47. The number of carbonyl (C=O) groups excluding carboxylic acids is 1. The Bertz CT molecular complexity index is 1200. The predicted molar refractivity (Wildman–Crippen MR) is 116 cm³/mol. The molecule has 1 aromatic heterocycles. The van der Waals surface area contributed by atoms with Crippen LogP contribution in [0.4, 0.5) is 15.9 Å². The average Bonchev–Trinajstić information content (AvgIpc) is 3.07. The van der Waals surface area contributed by atoms with Gasteiger partial charge in [-0.3, -0.25) is 19.1 Å². The monoisotopic (exact) mass is 444 g/mol. The van der Waals surface area contributed by atoms with Crippen LogP contribution in [0.2, 0.25) is 0 Å². The van der Waals surface area contributed by atoms with Crippen LogP contribution in [0.3, 0.4) is 0 Å². The summed E-state index contributed by atoms with van der Waals surface area (Å²) in [6, 6.07) is 9.10. The summed E-state index contributed by atoms with van der Waals surface area (Å²) in [6.45, 7) is 0. The number of fused-ring (bicyclic) bond motifs is 1. The van der Waals surface area contributed by atoms with Crippen molar-refractivity contribution in [2.24, 2.45) is 7.05 Å². The molecule has 1 atom stereocenters. The fourth-order valence-electron chi connectivity index (χ4n) is 3.86. The van der Waals surface area contributed by atoms with Gasteiger partial charge in [-0.1, -0.05) is 11.3 Å². The largest absolute Gasteiger partial charge is 0.496 e. The van der Waals surface area contributed by atoms with Crippen molar-refractivity contribution in [1.29, 1.82) is 0 Å². The molecule has 0 bridgehead atoms. The molecule has 0 saturated carbocycles. The Hall–Kier alpha value is -3.33. The van der Waals surface area contributed by atoms with E-state index in [-0.39, 0.29) is 17.2 Å². The van der Waals surface area contributed by atoms with Crippen molar-refractivity contribution in [3.63, 3.8) is 0 Å². The number of hydrogen-bond donors (Lipinski definition) is 0. The molecule has 0 N–H and O–H groups in total. The van der Waals surface area contributed by atoms with E-state index in [1.54, 1.807) is 19.2 Å². The Morgan fingerprint density at radius 1 is 0.968 bits per heavy atom. The van der Waals surface area contributed by atoms with Gasteiger partial charge in [0, 0.05) is 31.0 Å². The Labute approximate surface area is 182 Å². The molecule has 0 saturated heterocycles. The second-order valence-electron chi connectivity index (χ2n) is 7.03. The van der Waals surface area contributed by atoms with Gasteiger partial charge in [-0.2, -0.15) is 0 Å². The van der Waals surface area contributed by atoms with Crippen molar-refractivity contribution in [3.05, 3.63) is 62.3 Å². The zero-order chi connectivity index (χ0) is 22.3. The van der Waals surface area contributed by atoms with E-state index < -0.39 is 11.7 Å². The highest BCUT2D eigenvalue weighted by Gasteiger charge is 2.39. The maximum Gasteiger partial charge on any atom is 0.308 e. The van der Waals surface area contributed by atoms with Gasteiger partial charge >= 0.3 is 4.87 Å². The summed E-state index contributed by atoms with van der Waals surface area (Å²) >= 11 is 1.08. The van der Waals surface area contributed by atoms with Gasteiger partial charge in [-0.25, -0.2) is 4.39 Å². The zero-order valence-corrected chi connectivity index (χ0v) is 18.3. The molecular formula is C22H21FN2O5S. The Morgan fingerprint density at radius 3 is 2.19 bits per heavy atom. The van der Waals surface area contributed by atoms with E-state index in [0.717, 1.165) is 21.8 Å². The number of halogens is 1. The molecule has 0 radical (unpaired) electrons. The van der Waals surface area contributed by atoms with Crippen molar-refractivity contribution in [2.75, 3.05) is 26.2 Å². The van der Waals surface area contributed by atoms with Crippen molar-refractivity contribution in [3.8, 4) is 17.2 Å². The van der Waals surface area contributed by atoms with Crippen molar-refractivity contribution >= 4 is 28.7 Å². The molecule has 0 unspecified atom stereocenters. The van der Waals surface area contributed by atoms with E-state index in [0.29, 0.717) is 28.8 Å². The number of nitrogens with zero attached hydrogens (tertiary/aromatic N) is 2. The van der Waals surface area contributed by atoms with Crippen LogP contribution in [0.1, 0.15) is 22.8 Å². The third-order valence-electron chi connectivity index (χ3n) is 5.36. The molecule has 31 heavy (non-hydrogen) atoms. The van der Waals surface area contributed by atoms with E-state index in [1.165, 1.54) is 55.1 Å². The highest BCUT2D eigenvalue weighted by molar-refractivity contribution is 7.10. The molecule has 2 aromatic carbocycles. The molecule has 0 fully saturated rings. The highest BCUT2D eigenvalue weighted by Crippen LogP contribution is 2.48. The molecule has 2 heterocycles. The fraction of sp³-hybridized carbons (Fsp3) is 0.273. The van der Waals surface area contributed by atoms with Gasteiger partial charge in [0.1, 0.15) is 17.4 Å². The molecule has 7 nitrogen and oxygen atoms in total. The highest BCUT2D eigenvalue weighted by atomic mass is 32.1. The zero-order valence-electron chi connectivity index (χ0n) is 17.5. The number of aromatic nitrogens is 1. The van der Waals surface area contributed by atoms with Crippen molar-refractivity contribution in [2.45, 2.75) is 12.3 Å². The summed E-state index contributed by atoms with van der Waals surface area (Å²) in [6.07, 6.45) is 0.107. The van der Waals surface area contributed by atoms with Crippen LogP contribution >= 0.6 is 11.3 Å². The Balaban J connectivity index is 1.91. The number of ether oxygens (including phenoxy) is 3. The second kappa shape index (κ2) is 8.07. The summed E-state index contributed by atoms with van der Waals surface area (Å²) in [5.74, 6) is 0.971. The summed E-state index contributed by atoms with van der Waals surface area (Å²) in [4.78, 5) is 27.9. The van der Waals surface area contributed by atoms with E-state index in [9.17, 15) is 14.0 Å². The summed E-state index contributed by atoms with van der Waals surface area (Å²) in [5.41, 5.74) is 1.22. The normalized spacial score (nSPS) is 15.6. The second-order valence-corrected chi connectivity index (χ2v) is 8.02.